The van der Waals surface area contributed by atoms with Gasteiger partial charge in [-0.2, -0.15) is 0 Å². The Bertz CT molecular complexity index is 735. The van der Waals surface area contributed by atoms with E-state index in [2.05, 4.69) is 17.4 Å². The van der Waals surface area contributed by atoms with Crippen LogP contribution in [0.1, 0.15) is 36.2 Å². The van der Waals surface area contributed by atoms with E-state index < -0.39 is 0 Å². The summed E-state index contributed by atoms with van der Waals surface area (Å²) in [5.74, 6) is -0.344. The maximum absolute atomic E-state index is 11.4. The molecule has 0 spiro atoms. The summed E-state index contributed by atoms with van der Waals surface area (Å²) in [7, 11) is 1.37. The predicted octanol–water partition coefficient (Wildman–Crippen LogP) is 4.14. The molecule has 5 heteroatoms. The number of nitrogens with two attached hydrogens (primary N) is 1. The van der Waals surface area contributed by atoms with Crippen molar-refractivity contribution in [2.24, 2.45) is 5.73 Å². The van der Waals surface area contributed by atoms with Crippen LogP contribution in [-0.4, -0.2) is 18.8 Å². The number of allylic oxidation sites excluding steroid dienone is 1. The third-order valence-electron chi connectivity index (χ3n) is 3.12. The Balaban J connectivity index is 0.000000379. The van der Waals surface area contributed by atoms with Crippen LogP contribution < -0.4 is 5.73 Å². The first kappa shape index (κ1) is 18.8. The second-order valence-electron chi connectivity index (χ2n) is 4.90. The summed E-state index contributed by atoms with van der Waals surface area (Å²) in [6.07, 6.45) is 2.82. The second kappa shape index (κ2) is 9.00. The smallest absolute Gasteiger partial charge is 0.337 e. The molecular formula is C18H22N2O2S. The maximum atomic E-state index is 11.4. The minimum absolute atomic E-state index is 0.344. The lowest BCUT2D eigenvalue weighted by Gasteiger charge is -2.06. The SMILES string of the molecule is CC/C=C(\N)S.COC(=O)c1ccc2c(C(C)=N)cccc2c1. The van der Waals surface area contributed by atoms with Crippen molar-refractivity contribution >= 4 is 35.1 Å². The van der Waals surface area contributed by atoms with Gasteiger partial charge in [-0.05, 0) is 36.2 Å². The number of rotatable bonds is 3. The first-order valence-electron chi connectivity index (χ1n) is 7.21. The number of carbonyl (C=O) groups is 1. The van der Waals surface area contributed by atoms with Crippen LogP contribution in [0.3, 0.4) is 0 Å². The molecule has 0 aliphatic carbocycles. The minimum Gasteiger partial charge on any atom is -0.465 e. The number of esters is 1. The van der Waals surface area contributed by atoms with E-state index in [0.29, 0.717) is 16.3 Å². The highest BCUT2D eigenvalue weighted by Crippen LogP contribution is 2.21. The van der Waals surface area contributed by atoms with Gasteiger partial charge < -0.3 is 15.9 Å². The summed E-state index contributed by atoms with van der Waals surface area (Å²) in [5.41, 5.74) is 7.06. The number of methoxy groups -OCH3 is 1. The van der Waals surface area contributed by atoms with Gasteiger partial charge >= 0.3 is 5.97 Å². The molecule has 0 unspecified atom stereocenters. The zero-order valence-corrected chi connectivity index (χ0v) is 14.5. The van der Waals surface area contributed by atoms with Crippen molar-refractivity contribution in [2.75, 3.05) is 7.11 Å². The summed E-state index contributed by atoms with van der Waals surface area (Å²) in [5, 5.41) is 10.2. The van der Waals surface area contributed by atoms with E-state index in [9.17, 15) is 4.79 Å². The van der Waals surface area contributed by atoms with Gasteiger partial charge in [0.1, 0.15) is 0 Å². The van der Waals surface area contributed by atoms with Gasteiger partial charge in [-0.25, -0.2) is 4.79 Å². The molecule has 0 aliphatic heterocycles. The number of carbonyl (C=O) groups excluding carboxylic acids is 1. The van der Waals surface area contributed by atoms with Crippen molar-refractivity contribution in [3.63, 3.8) is 0 Å². The zero-order valence-electron chi connectivity index (χ0n) is 13.6. The topological polar surface area (TPSA) is 76.2 Å². The summed E-state index contributed by atoms with van der Waals surface area (Å²) < 4.78 is 4.68. The Morgan fingerprint density at radius 1 is 1.35 bits per heavy atom. The predicted molar refractivity (Wildman–Crippen MR) is 99.3 cm³/mol. The molecule has 0 heterocycles. The van der Waals surface area contributed by atoms with Crippen molar-refractivity contribution < 1.29 is 9.53 Å². The number of benzene rings is 2. The largest absolute Gasteiger partial charge is 0.465 e. The van der Waals surface area contributed by atoms with Crippen molar-refractivity contribution in [3.05, 3.63) is 58.6 Å². The van der Waals surface area contributed by atoms with Gasteiger partial charge in [-0.15, -0.1) is 12.6 Å². The lowest BCUT2D eigenvalue weighted by Crippen LogP contribution is -2.01. The summed E-state index contributed by atoms with van der Waals surface area (Å²) in [4.78, 5) is 11.4. The Hall–Kier alpha value is -2.27. The highest BCUT2D eigenvalue weighted by molar-refractivity contribution is 7.84. The van der Waals surface area contributed by atoms with Crippen molar-refractivity contribution in [3.8, 4) is 0 Å². The Morgan fingerprint density at radius 3 is 2.52 bits per heavy atom. The average Bonchev–Trinajstić information content (AvgIpc) is 2.53. The van der Waals surface area contributed by atoms with E-state index in [1.807, 2.05) is 37.3 Å². The molecule has 0 bridgehead atoms. The van der Waals surface area contributed by atoms with Crippen LogP contribution in [0.15, 0.2) is 47.5 Å². The first-order valence-corrected chi connectivity index (χ1v) is 7.66. The first-order chi connectivity index (χ1) is 10.9. The molecule has 0 aliphatic rings. The fourth-order valence-corrected chi connectivity index (χ4v) is 2.25. The van der Waals surface area contributed by atoms with Crippen LogP contribution in [0.4, 0.5) is 0 Å². The Labute approximate surface area is 142 Å². The number of fused-ring (bicyclic) bond motifs is 1. The van der Waals surface area contributed by atoms with Crippen LogP contribution in [0, 0.1) is 5.41 Å². The van der Waals surface area contributed by atoms with Crippen molar-refractivity contribution in [2.45, 2.75) is 20.3 Å². The fourth-order valence-electron chi connectivity index (χ4n) is 2.06. The van der Waals surface area contributed by atoms with Gasteiger partial charge in [0.05, 0.1) is 17.7 Å². The molecule has 3 N–H and O–H groups in total. The van der Waals surface area contributed by atoms with E-state index in [1.54, 1.807) is 19.1 Å². The van der Waals surface area contributed by atoms with E-state index in [1.165, 1.54) is 7.11 Å². The molecule has 0 saturated carbocycles. The molecule has 0 fully saturated rings. The number of thiol groups is 1. The van der Waals surface area contributed by atoms with Gasteiger partial charge in [0.2, 0.25) is 0 Å². The molecule has 0 radical (unpaired) electrons. The normalized spacial score (nSPS) is 10.7. The van der Waals surface area contributed by atoms with Crippen molar-refractivity contribution in [1.29, 1.82) is 5.41 Å². The summed E-state index contributed by atoms with van der Waals surface area (Å²) in [6, 6.07) is 11.1. The van der Waals surface area contributed by atoms with Crippen LogP contribution in [0.25, 0.3) is 10.8 Å². The Morgan fingerprint density at radius 2 is 2.04 bits per heavy atom. The van der Waals surface area contributed by atoms with Crippen LogP contribution in [-0.2, 0) is 4.74 Å². The fraction of sp³-hybridized carbons (Fsp3) is 0.222. The van der Waals surface area contributed by atoms with Gasteiger partial charge in [-0.1, -0.05) is 37.3 Å². The maximum Gasteiger partial charge on any atom is 0.337 e. The van der Waals surface area contributed by atoms with Gasteiger partial charge in [0, 0.05) is 11.3 Å². The molecule has 0 aromatic heterocycles. The highest BCUT2D eigenvalue weighted by atomic mass is 32.1. The lowest BCUT2D eigenvalue weighted by atomic mass is 10.00. The number of hydrogen-bond donors (Lipinski definition) is 3. The van der Waals surface area contributed by atoms with Crippen LogP contribution in [0.5, 0.6) is 0 Å². The lowest BCUT2D eigenvalue weighted by molar-refractivity contribution is 0.0601. The molecule has 0 amide bonds. The molecule has 0 atom stereocenters. The molecule has 4 nitrogen and oxygen atoms in total. The molecule has 0 saturated heterocycles. The van der Waals surface area contributed by atoms with E-state index >= 15 is 0 Å². The van der Waals surface area contributed by atoms with E-state index in [4.69, 9.17) is 11.1 Å². The third kappa shape index (κ3) is 5.45. The van der Waals surface area contributed by atoms with Gasteiger partial charge in [0.15, 0.2) is 0 Å². The number of ether oxygens (including phenoxy) is 1. The Kier molecular flexibility index (Phi) is 7.35. The van der Waals surface area contributed by atoms with E-state index in [0.717, 1.165) is 22.8 Å². The molecular weight excluding hydrogens is 308 g/mol. The molecule has 23 heavy (non-hydrogen) atoms. The van der Waals surface area contributed by atoms with Gasteiger partial charge in [0.25, 0.3) is 0 Å². The number of nitrogens with one attached hydrogen (secondary N) is 1. The quantitative estimate of drug-likeness (QED) is 0.450. The van der Waals surface area contributed by atoms with Crippen molar-refractivity contribution in [1.82, 2.24) is 0 Å². The van der Waals surface area contributed by atoms with Crippen LogP contribution in [0.2, 0.25) is 0 Å². The summed E-state index contributed by atoms with van der Waals surface area (Å²) in [6.45, 7) is 3.77. The second-order valence-corrected chi connectivity index (χ2v) is 5.41. The standard InChI is InChI=1S/C14H13NO2.C4H9NS/c1-9(15)12-5-3-4-10-8-11(14(16)17-2)6-7-13(10)12;1-2-3-4(5)6/h3-8,15H,1-2H3;3,6H,2,5H2,1H3/b;4-3+. The third-order valence-corrected chi connectivity index (χ3v) is 3.30. The number of hydrogen-bond acceptors (Lipinski definition) is 5. The minimum atomic E-state index is -0.344. The van der Waals surface area contributed by atoms with Crippen LogP contribution >= 0.6 is 12.6 Å². The van der Waals surface area contributed by atoms with Gasteiger partial charge in [-0.3, -0.25) is 0 Å². The monoisotopic (exact) mass is 330 g/mol. The molecule has 2 aromatic rings. The highest BCUT2D eigenvalue weighted by Gasteiger charge is 2.08. The molecule has 2 rings (SSSR count). The zero-order chi connectivity index (χ0) is 17.4. The average molecular weight is 330 g/mol. The molecule has 122 valence electrons. The van der Waals surface area contributed by atoms with E-state index in [-0.39, 0.29) is 5.97 Å². The molecule has 2 aromatic carbocycles. The summed E-state index contributed by atoms with van der Waals surface area (Å²) >= 11 is 3.82.